The molecule has 0 atom stereocenters. The van der Waals surface area contributed by atoms with Crippen molar-refractivity contribution >= 4 is 39.1 Å². The highest BCUT2D eigenvalue weighted by molar-refractivity contribution is 8.01. The minimum atomic E-state index is -4.60. The highest BCUT2D eigenvalue weighted by Crippen LogP contribution is 2.36. The molecule has 3 aromatic rings. The normalized spacial score (nSPS) is 11.8. The molecule has 1 N–H and O–H groups in total. The number of nitrogens with zero attached hydrogens (tertiary/aromatic N) is 4. The second-order valence-corrected chi connectivity index (χ2v) is 6.31. The van der Waals surface area contributed by atoms with Gasteiger partial charge in [0.15, 0.2) is 4.34 Å². The van der Waals surface area contributed by atoms with Crippen molar-refractivity contribution in [2.75, 3.05) is 12.4 Å². The van der Waals surface area contributed by atoms with Gasteiger partial charge in [0.25, 0.3) is 0 Å². The van der Waals surface area contributed by atoms with Crippen LogP contribution in [0.25, 0.3) is 10.9 Å². The molecule has 0 spiro atoms. The summed E-state index contributed by atoms with van der Waals surface area (Å²) in [6, 6.07) is 6.56. The predicted octanol–water partition coefficient (Wildman–Crippen LogP) is 3.69. The molecule has 0 aliphatic rings. The zero-order chi connectivity index (χ0) is 15.7. The molecular weight excluding hydrogens is 335 g/mol. The molecule has 0 bridgehead atoms. The van der Waals surface area contributed by atoms with Crippen molar-refractivity contribution in [2.45, 2.75) is 15.5 Å². The number of anilines is 1. The first kappa shape index (κ1) is 15.0. The summed E-state index contributed by atoms with van der Waals surface area (Å²) in [7, 11) is 1.69. The maximum Gasteiger partial charge on any atom is 0.451 e. The van der Waals surface area contributed by atoms with Gasteiger partial charge >= 0.3 is 6.18 Å². The fraction of sp³-hybridized carbons (Fsp3) is 0.167. The lowest BCUT2D eigenvalue weighted by molar-refractivity contribution is -0.145. The Bertz CT molecular complexity index is 818. The van der Waals surface area contributed by atoms with E-state index in [1.807, 2.05) is 0 Å². The SMILES string of the molecule is CNc1nnc(Sc2nc(C(F)(F)F)nc3ccccc23)s1. The van der Waals surface area contributed by atoms with Crippen LogP contribution < -0.4 is 5.32 Å². The Labute approximate surface area is 131 Å². The summed E-state index contributed by atoms with van der Waals surface area (Å²) in [6.45, 7) is 0. The molecule has 0 saturated heterocycles. The number of benzene rings is 1. The molecule has 114 valence electrons. The van der Waals surface area contributed by atoms with Gasteiger partial charge in [0, 0.05) is 12.4 Å². The van der Waals surface area contributed by atoms with Gasteiger partial charge in [-0.15, -0.1) is 10.2 Å². The summed E-state index contributed by atoms with van der Waals surface area (Å²) in [5, 5.41) is 11.9. The van der Waals surface area contributed by atoms with Crippen LogP contribution in [0.4, 0.5) is 18.3 Å². The number of hydrogen-bond acceptors (Lipinski definition) is 7. The summed E-state index contributed by atoms with van der Waals surface area (Å²) in [4.78, 5) is 7.22. The zero-order valence-electron chi connectivity index (χ0n) is 11.0. The first-order chi connectivity index (χ1) is 10.5. The number of aromatic nitrogens is 4. The number of halogens is 3. The Kier molecular flexibility index (Phi) is 3.87. The van der Waals surface area contributed by atoms with Crippen LogP contribution in [0.3, 0.4) is 0 Å². The number of fused-ring (bicyclic) bond motifs is 1. The van der Waals surface area contributed by atoms with Crippen LogP contribution in [0.5, 0.6) is 0 Å². The Morgan fingerprint density at radius 3 is 2.59 bits per heavy atom. The van der Waals surface area contributed by atoms with Crippen molar-refractivity contribution in [2.24, 2.45) is 0 Å². The highest BCUT2D eigenvalue weighted by atomic mass is 32.2. The molecule has 0 radical (unpaired) electrons. The van der Waals surface area contributed by atoms with Gasteiger partial charge < -0.3 is 5.32 Å². The molecule has 0 amide bonds. The second kappa shape index (κ2) is 5.69. The zero-order valence-corrected chi connectivity index (χ0v) is 12.7. The van der Waals surface area contributed by atoms with Gasteiger partial charge in [-0.3, -0.25) is 0 Å². The topological polar surface area (TPSA) is 63.6 Å². The molecule has 1 aromatic carbocycles. The van der Waals surface area contributed by atoms with E-state index in [1.165, 1.54) is 17.4 Å². The molecule has 0 aliphatic carbocycles. The second-order valence-electron chi connectivity index (χ2n) is 4.09. The number of alkyl halides is 3. The molecule has 5 nitrogen and oxygen atoms in total. The van der Waals surface area contributed by atoms with Crippen LogP contribution in [0.15, 0.2) is 33.6 Å². The average molecular weight is 343 g/mol. The van der Waals surface area contributed by atoms with Crippen LogP contribution >= 0.6 is 23.1 Å². The van der Waals surface area contributed by atoms with Crippen molar-refractivity contribution in [3.05, 3.63) is 30.1 Å². The van der Waals surface area contributed by atoms with Gasteiger partial charge in [-0.1, -0.05) is 29.5 Å². The number of nitrogens with one attached hydrogen (secondary N) is 1. The van der Waals surface area contributed by atoms with Crippen molar-refractivity contribution in [3.8, 4) is 0 Å². The van der Waals surface area contributed by atoms with Gasteiger partial charge in [0.2, 0.25) is 11.0 Å². The van der Waals surface area contributed by atoms with Gasteiger partial charge in [-0.05, 0) is 17.8 Å². The smallest absolute Gasteiger partial charge is 0.363 e. The fourth-order valence-corrected chi connectivity index (χ4v) is 3.42. The minimum absolute atomic E-state index is 0.205. The van der Waals surface area contributed by atoms with E-state index in [4.69, 9.17) is 0 Å². The van der Waals surface area contributed by atoms with E-state index in [-0.39, 0.29) is 10.5 Å². The summed E-state index contributed by atoms with van der Waals surface area (Å²) >= 11 is 2.27. The van der Waals surface area contributed by atoms with Crippen molar-refractivity contribution < 1.29 is 13.2 Å². The lowest BCUT2D eigenvalue weighted by Gasteiger charge is -2.09. The summed E-state index contributed by atoms with van der Waals surface area (Å²) in [6.07, 6.45) is -4.60. The van der Waals surface area contributed by atoms with E-state index < -0.39 is 12.0 Å². The van der Waals surface area contributed by atoms with Crippen LogP contribution in [-0.4, -0.2) is 27.2 Å². The Morgan fingerprint density at radius 1 is 1.14 bits per heavy atom. The number of hydrogen-bond donors (Lipinski definition) is 1. The first-order valence-electron chi connectivity index (χ1n) is 6.00. The van der Waals surface area contributed by atoms with Crippen molar-refractivity contribution in [1.82, 2.24) is 20.2 Å². The van der Waals surface area contributed by atoms with Gasteiger partial charge in [-0.2, -0.15) is 13.2 Å². The first-order valence-corrected chi connectivity index (χ1v) is 7.64. The van der Waals surface area contributed by atoms with E-state index in [1.54, 1.807) is 25.2 Å². The Balaban J connectivity index is 2.10. The maximum atomic E-state index is 12.9. The van der Waals surface area contributed by atoms with E-state index in [0.29, 0.717) is 14.9 Å². The van der Waals surface area contributed by atoms with Crippen LogP contribution in [0.1, 0.15) is 5.82 Å². The maximum absolute atomic E-state index is 12.9. The van der Waals surface area contributed by atoms with E-state index in [9.17, 15) is 13.2 Å². The van der Waals surface area contributed by atoms with Crippen molar-refractivity contribution in [3.63, 3.8) is 0 Å². The van der Waals surface area contributed by atoms with E-state index in [2.05, 4.69) is 25.5 Å². The van der Waals surface area contributed by atoms with Crippen LogP contribution in [0, 0.1) is 0 Å². The molecule has 0 saturated carbocycles. The molecule has 22 heavy (non-hydrogen) atoms. The summed E-state index contributed by atoms with van der Waals surface area (Å²) in [5.74, 6) is -1.16. The summed E-state index contributed by atoms with van der Waals surface area (Å²) in [5.41, 5.74) is 0.241. The highest BCUT2D eigenvalue weighted by Gasteiger charge is 2.35. The molecule has 2 aromatic heterocycles. The predicted molar refractivity (Wildman–Crippen MR) is 78.1 cm³/mol. The van der Waals surface area contributed by atoms with E-state index in [0.717, 1.165) is 11.8 Å². The lowest BCUT2D eigenvalue weighted by Crippen LogP contribution is -2.11. The fourth-order valence-electron chi connectivity index (χ4n) is 1.69. The van der Waals surface area contributed by atoms with E-state index >= 15 is 0 Å². The Morgan fingerprint density at radius 2 is 1.91 bits per heavy atom. The number of rotatable bonds is 3. The largest absolute Gasteiger partial charge is 0.451 e. The molecule has 10 heteroatoms. The average Bonchev–Trinajstić information content (AvgIpc) is 2.94. The minimum Gasteiger partial charge on any atom is -0.363 e. The molecule has 0 unspecified atom stereocenters. The molecule has 0 fully saturated rings. The summed E-state index contributed by atoms with van der Waals surface area (Å²) < 4.78 is 39.3. The third kappa shape index (κ3) is 2.97. The molecular formula is C12H8F3N5S2. The van der Waals surface area contributed by atoms with Crippen LogP contribution in [0.2, 0.25) is 0 Å². The molecule has 2 heterocycles. The Hall–Kier alpha value is -1.94. The van der Waals surface area contributed by atoms with Gasteiger partial charge in [0.05, 0.1) is 5.52 Å². The molecule has 0 aliphatic heterocycles. The standard InChI is InChI=1S/C12H8F3N5S2/c1-16-10-19-20-11(22-10)21-8-6-4-2-3-5-7(6)17-9(18-8)12(13,14)15/h2-5H,1H3,(H,16,19). The quantitative estimate of drug-likeness (QED) is 0.732. The third-order valence-electron chi connectivity index (χ3n) is 2.63. The lowest BCUT2D eigenvalue weighted by atomic mass is 10.2. The monoisotopic (exact) mass is 343 g/mol. The van der Waals surface area contributed by atoms with Gasteiger partial charge in [-0.25, -0.2) is 9.97 Å². The van der Waals surface area contributed by atoms with Crippen LogP contribution in [-0.2, 0) is 6.18 Å². The third-order valence-corrected chi connectivity index (χ3v) is 4.62. The molecule has 3 rings (SSSR count). The number of para-hydroxylation sites is 1. The van der Waals surface area contributed by atoms with Crippen molar-refractivity contribution in [1.29, 1.82) is 0 Å². The van der Waals surface area contributed by atoms with Gasteiger partial charge in [0.1, 0.15) is 5.03 Å².